The van der Waals surface area contributed by atoms with Crippen LogP contribution < -0.4 is 10.6 Å². The smallest absolute Gasteiger partial charge is 0.0281 e. The minimum atomic E-state index is 0.563. The molecule has 3 rings (SSSR count). The molecular formula is C17H32N2S. The van der Waals surface area contributed by atoms with E-state index in [1.807, 2.05) is 0 Å². The Morgan fingerprint density at radius 2 is 1.90 bits per heavy atom. The zero-order valence-corrected chi connectivity index (χ0v) is 13.9. The van der Waals surface area contributed by atoms with Gasteiger partial charge < -0.3 is 10.6 Å². The number of nitrogens with one attached hydrogen (secondary N) is 2. The Balaban J connectivity index is 1.53. The van der Waals surface area contributed by atoms with Crippen LogP contribution in [0.2, 0.25) is 0 Å². The average molecular weight is 297 g/mol. The molecule has 116 valence electrons. The summed E-state index contributed by atoms with van der Waals surface area (Å²) in [6, 6.07) is 1.59. The molecule has 0 spiro atoms. The van der Waals surface area contributed by atoms with Crippen molar-refractivity contribution in [3.8, 4) is 0 Å². The molecule has 0 bridgehead atoms. The molecule has 0 aromatic heterocycles. The highest BCUT2D eigenvalue weighted by molar-refractivity contribution is 8.00. The predicted molar refractivity (Wildman–Crippen MR) is 89.5 cm³/mol. The zero-order valence-electron chi connectivity index (χ0n) is 13.1. The lowest BCUT2D eigenvalue weighted by Crippen LogP contribution is -2.49. The van der Waals surface area contributed by atoms with Crippen LogP contribution in [0.25, 0.3) is 0 Å². The van der Waals surface area contributed by atoms with E-state index >= 15 is 0 Å². The Morgan fingerprint density at radius 1 is 1.05 bits per heavy atom. The van der Waals surface area contributed by atoms with Crippen LogP contribution in [0.5, 0.6) is 0 Å². The second-order valence-corrected chi connectivity index (χ2v) is 8.51. The molecule has 1 aliphatic heterocycles. The first-order valence-corrected chi connectivity index (χ1v) is 10.1. The first-order chi connectivity index (χ1) is 9.83. The first kappa shape index (κ1) is 15.2. The second kappa shape index (κ2) is 7.02. The number of rotatable bonds is 5. The van der Waals surface area contributed by atoms with Crippen molar-refractivity contribution < 1.29 is 0 Å². The maximum Gasteiger partial charge on any atom is 0.0281 e. The minimum Gasteiger partial charge on any atom is -0.314 e. The summed E-state index contributed by atoms with van der Waals surface area (Å²) in [5, 5.41) is 7.80. The molecule has 0 aromatic carbocycles. The summed E-state index contributed by atoms with van der Waals surface area (Å²) >= 11 is 2.12. The van der Waals surface area contributed by atoms with Gasteiger partial charge in [0.05, 0.1) is 0 Å². The van der Waals surface area contributed by atoms with Crippen LogP contribution >= 0.6 is 11.8 Å². The van der Waals surface area contributed by atoms with Crippen molar-refractivity contribution in [1.29, 1.82) is 0 Å². The molecule has 20 heavy (non-hydrogen) atoms. The van der Waals surface area contributed by atoms with E-state index in [0.717, 1.165) is 18.0 Å². The highest BCUT2D eigenvalue weighted by atomic mass is 32.2. The van der Waals surface area contributed by atoms with Gasteiger partial charge in [-0.05, 0) is 57.2 Å². The molecule has 2 nitrogen and oxygen atoms in total. The molecule has 3 heteroatoms. The normalized spacial score (nSPS) is 37.4. The van der Waals surface area contributed by atoms with Gasteiger partial charge in [-0.2, -0.15) is 11.8 Å². The van der Waals surface area contributed by atoms with E-state index in [4.69, 9.17) is 0 Å². The van der Waals surface area contributed by atoms with Crippen molar-refractivity contribution in [2.75, 3.05) is 19.3 Å². The van der Waals surface area contributed by atoms with Crippen molar-refractivity contribution in [2.45, 2.75) is 81.0 Å². The van der Waals surface area contributed by atoms with Gasteiger partial charge in [-0.3, -0.25) is 0 Å². The van der Waals surface area contributed by atoms with Crippen molar-refractivity contribution in [2.24, 2.45) is 5.92 Å². The van der Waals surface area contributed by atoms with E-state index in [1.165, 1.54) is 77.3 Å². The van der Waals surface area contributed by atoms with Gasteiger partial charge in [-0.1, -0.05) is 25.7 Å². The molecule has 0 amide bonds. The lowest BCUT2D eigenvalue weighted by molar-refractivity contribution is 0.254. The van der Waals surface area contributed by atoms with Crippen LogP contribution in [0.3, 0.4) is 0 Å². The summed E-state index contributed by atoms with van der Waals surface area (Å²) in [6.07, 6.45) is 16.6. The first-order valence-electron chi connectivity index (χ1n) is 8.85. The second-order valence-electron chi connectivity index (χ2n) is 7.23. The average Bonchev–Trinajstić information content (AvgIpc) is 3.16. The van der Waals surface area contributed by atoms with E-state index in [0.29, 0.717) is 4.75 Å². The minimum absolute atomic E-state index is 0.563. The van der Waals surface area contributed by atoms with Crippen LogP contribution in [-0.2, 0) is 0 Å². The summed E-state index contributed by atoms with van der Waals surface area (Å²) in [5.74, 6) is 0.899. The van der Waals surface area contributed by atoms with Crippen LogP contribution in [0.15, 0.2) is 0 Å². The van der Waals surface area contributed by atoms with Gasteiger partial charge >= 0.3 is 0 Å². The quantitative estimate of drug-likeness (QED) is 0.811. The molecule has 1 heterocycles. The van der Waals surface area contributed by atoms with E-state index in [2.05, 4.69) is 28.7 Å². The Labute approximate surface area is 129 Å². The lowest BCUT2D eigenvalue weighted by atomic mass is 9.88. The Morgan fingerprint density at radius 3 is 2.60 bits per heavy atom. The lowest BCUT2D eigenvalue weighted by Gasteiger charge is -2.35. The number of hydrogen-bond donors (Lipinski definition) is 2. The van der Waals surface area contributed by atoms with Gasteiger partial charge in [0.1, 0.15) is 0 Å². The van der Waals surface area contributed by atoms with Gasteiger partial charge in [0.2, 0.25) is 0 Å². The van der Waals surface area contributed by atoms with Crippen LogP contribution in [0.1, 0.15) is 64.2 Å². The van der Waals surface area contributed by atoms with Gasteiger partial charge in [0.15, 0.2) is 0 Å². The molecule has 2 N–H and O–H groups in total. The van der Waals surface area contributed by atoms with Crippen LogP contribution in [0.4, 0.5) is 0 Å². The van der Waals surface area contributed by atoms with Crippen molar-refractivity contribution in [1.82, 2.24) is 10.6 Å². The predicted octanol–water partition coefficient (Wildman–Crippen LogP) is 3.56. The molecule has 2 saturated carbocycles. The molecule has 0 aromatic rings. The van der Waals surface area contributed by atoms with Crippen LogP contribution in [0, 0.1) is 5.92 Å². The third-order valence-corrected chi connectivity index (χ3v) is 7.49. The summed E-state index contributed by atoms with van der Waals surface area (Å²) in [4.78, 5) is 0. The summed E-state index contributed by atoms with van der Waals surface area (Å²) in [5.41, 5.74) is 0. The molecule has 2 aliphatic carbocycles. The summed E-state index contributed by atoms with van der Waals surface area (Å²) in [7, 11) is 0. The van der Waals surface area contributed by atoms with Gasteiger partial charge in [0, 0.05) is 23.4 Å². The Hall–Kier alpha value is 0.270. The fraction of sp³-hybridized carbons (Fsp3) is 1.00. The third-order valence-electron chi connectivity index (χ3n) is 6.07. The van der Waals surface area contributed by atoms with Gasteiger partial charge in [0.25, 0.3) is 0 Å². The molecule has 3 unspecified atom stereocenters. The fourth-order valence-corrected chi connectivity index (χ4v) is 5.68. The Kier molecular flexibility index (Phi) is 5.33. The number of piperidine rings is 1. The van der Waals surface area contributed by atoms with Gasteiger partial charge in [-0.25, -0.2) is 0 Å². The van der Waals surface area contributed by atoms with Crippen molar-refractivity contribution in [3.63, 3.8) is 0 Å². The van der Waals surface area contributed by atoms with E-state index < -0.39 is 0 Å². The maximum atomic E-state index is 4.00. The molecular weight excluding hydrogens is 264 g/mol. The third kappa shape index (κ3) is 3.36. The van der Waals surface area contributed by atoms with E-state index in [9.17, 15) is 0 Å². The molecule has 3 fully saturated rings. The topological polar surface area (TPSA) is 24.1 Å². The maximum absolute atomic E-state index is 4.00. The zero-order chi connectivity index (χ0) is 13.8. The molecule has 3 aliphatic rings. The number of thioether (sulfide) groups is 1. The summed E-state index contributed by atoms with van der Waals surface area (Å²) in [6.45, 7) is 2.50. The number of hydrogen-bond acceptors (Lipinski definition) is 3. The highest BCUT2D eigenvalue weighted by Crippen LogP contribution is 2.40. The van der Waals surface area contributed by atoms with E-state index in [1.54, 1.807) is 0 Å². The van der Waals surface area contributed by atoms with E-state index in [-0.39, 0.29) is 0 Å². The molecule has 3 atom stereocenters. The van der Waals surface area contributed by atoms with Crippen LogP contribution in [-0.4, -0.2) is 36.2 Å². The highest BCUT2D eigenvalue weighted by Gasteiger charge is 2.37. The summed E-state index contributed by atoms with van der Waals surface area (Å²) < 4.78 is 0.563. The monoisotopic (exact) mass is 296 g/mol. The largest absolute Gasteiger partial charge is 0.314 e. The SMILES string of the molecule is CSC1(CNC2CCCC2C2CCCCN2)CCCC1. The van der Waals surface area contributed by atoms with Crippen molar-refractivity contribution >= 4 is 11.8 Å². The van der Waals surface area contributed by atoms with Crippen molar-refractivity contribution in [3.05, 3.63) is 0 Å². The Bertz CT molecular complexity index is 295. The molecule has 0 radical (unpaired) electrons. The van der Waals surface area contributed by atoms with Gasteiger partial charge in [-0.15, -0.1) is 0 Å². The molecule has 1 saturated heterocycles. The standard InChI is InChI=1S/C17H32N2S/c1-20-17(10-3-4-11-17)13-19-16-9-6-7-14(16)15-8-2-5-12-18-15/h14-16,18-19H,2-13H2,1H3. The fourth-order valence-electron chi connectivity index (χ4n) is 4.76.